The molecule has 3 rings (SSSR count). The van der Waals surface area contributed by atoms with Gasteiger partial charge in [0.25, 0.3) is 0 Å². The molecule has 2 heterocycles. The lowest BCUT2D eigenvalue weighted by Crippen LogP contribution is -2.68. The smallest absolute Gasteiger partial charge is 0.249 e. The van der Waals surface area contributed by atoms with Crippen molar-refractivity contribution in [3.8, 4) is 0 Å². The van der Waals surface area contributed by atoms with Crippen molar-refractivity contribution in [2.45, 2.75) is 98.5 Å². The van der Waals surface area contributed by atoms with E-state index in [2.05, 4.69) is 5.32 Å². The quantitative estimate of drug-likeness (QED) is 0.113. The molecule has 0 aromatic rings. The molecule has 220 valence electrons. The lowest BCUT2D eigenvalue weighted by atomic mass is 9.84. The number of ether oxygens (including phenoxy) is 4. The van der Waals surface area contributed by atoms with Crippen molar-refractivity contribution in [2.24, 2.45) is 28.7 Å². The molecule has 15 nitrogen and oxygen atoms in total. The van der Waals surface area contributed by atoms with E-state index in [1.54, 1.807) is 12.2 Å². The number of nitrogens with two attached hydrogens (primary N) is 5. The molecule has 1 aliphatic carbocycles. The number of hydrogen-bond acceptors (Lipinski definition) is 14. The third-order valence-electron chi connectivity index (χ3n) is 6.97. The average Bonchev–Trinajstić information content (AvgIpc) is 2.89. The molecule has 0 aromatic heterocycles. The fraction of sp³-hybridized carbons (Fsp3) is 0.864. The predicted molar refractivity (Wildman–Crippen MR) is 129 cm³/mol. The minimum atomic E-state index is -2.03. The summed E-state index contributed by atoms with van der Waals surface area (Å²) in [6.07, 6.45) is -10.6. The largest absolute Gasteiger partial charge is 0.394 e. The summed E-state index contributed by atoms with van der Waals surface area (Å²) in [7, 11) is 0. The van der Waals surface area contributed by atoms with E-state index >= 15 is 4.39 Å². The van der Waals surface area contributed by atoms with Crippen LogP contribution in [0, 0.1) is 0 Å². The minimum Gasteiger partial charge on any atom is -0.394 e. The molecule has 14 atom stereocenters. The molecule has 1 saturated heterocycles. The van der Waals surface area contributed by atoms with Gasteiger partial charge in [0.05, 0.1) is 30.8 Å². The van der Waals surface area contributed by atoms with Crippen molar-refractivity contribution in [1.82, 2.24) is 5.32 Å². The van der Waals surface area contributed by atoms with Crippen LogP contribution in [0.5, 0.6) is 0 Å². The molecular formula is C22H41FN6O9. The van der Waals surface area contributed by atoms with Crippen molar-refractivity contribution < 1.29 is 48.6 Å². The summed E-state index contributed by atoms with van der Waals surface area (Å²) in [6, 6.07) is -4.11. The van der Waals surface area contributed by atoms with Crippen LogP contribution in [0.25, 0.3) is 0 Å². The van der Waals surface area contributed by atoms with Crippen molar-refractivity contribution in [2.75, 3.05) is 19.7 Å². The summed E-state index contributed by atoms with van der Waals surface area (Å²) in [4.78, 5) is 12.5. The van der Waals surface area contributed by atoms with Gasteiger partial charge in [-0.1, -0.05) is 12.2 Å². The molecule has 0 spiro atoms. The second-order valence-corrected chi connectivity index (χ2v) is 9.78. The van der Waals surface area contributed by atoms with Crippen LogP contribution in [-0.4, -0.2) is 132 Å². The molecule has 3 aliphatic rings. The second-order valence-electron chi connectivity index (χ2n) is 9.78. The Morgan fingerprint density at radius 1 is 1.08 bits per heavy atom. The minimum absolute atomic E-state index is 0.0328. The highest BCUT2D eigenvalue weighted by Gasteiger charge is 2.51. The van der Waals surface area contributed by atoms with Gasteiger partial charge in [-0.25, -0.2) is 4.39 Å². The van der Waals surface area contributed by atoms with Gasteiger partial charge in [-0.15, -0.1) is 0 Å². The van der Waals surface area contributed by atoms with E-state index in [-0.39, 0.29) is 25.9 Å². The SMILES string of the molecule is NCC[C@H](O)C(=O)N[C@@H]1C[C@H](N)C(O[C@H]2OC(CN)C=CC2N)C(F)[C@H]1O[C@H]1OC(CO)[C@H](O)[C@H](N)C1O. The number of nitrogens with one attached hydrogen (secondary N) is 1. The summed E-state index contributed by atoms with van der Waals surface area (Å²) in [6.45, 7) is -0.482. The highest BCUT2D eigenvalue weighted by molar-refractivity contribution is 5.80. The van der Waals surface area contributed by atoms with Crippen molar-refractivity contribution in [1.29, 1.82) is 0 Å². The van der Waals surface area contributed by atoms with E-state index in [0.29, 0.717) is 0 Å². The Balaban J connectivity index is 1.83. The molecular weight excluding hydrogens is 511 g/mol. The Bertz CT molecular complexity index is 800. The number of amides is 1. The van der Waals surface area contributed by atoms with Crippen LogP contribution >= 0.6 is 0 Å². The van der Waals surface area contributed by atoms with Crippen LogP contribution in [0.1, 0.15) is 12.8 Å². The van der Waals surface area contributed by atoms with Crippen LogP contribution in [0.4, 0.5) is 4.39 Å². The number of aliphatic hydroxyl groups excluding tert-OH is 4. The molecule has 38 heavy (non-hydrogen) atoms. The van der Waals surface area contributed by atoms with E-state index < -0.39 is 98.2 Å². The molecule has 15 N–H and O–H groups in total. The number of rotatable bonds is 10. The van der Waals surface area contributed by atoms with Gasteiger partial charge in [0.15, 0.2) is 18.8 Å². The number of aliphatic hydroxyl groups is 4. The van der Waals surface area contributed by atoms with Gasteiger partial charge < -0.3 is 73.4 Å². The molecule has 2 aliphatic heterocycles. The van der Waals surface area contributed by atoms with E-state index in [1.807, 2.05) is 0 Å². The van der Waals surface area contributed by atoms with Gasteiger partial charge >= 0.3 is 0 Å². The topological polar surface area (TPSA) is 277 Å². The van der Waals surface area contributed by atoms with Crippen molar-refractivity contribution in [3.05, 3.63) is 12.2 Å². The van der Waals surface area contributed by atoms with Gasteiger partial charge in [-0.2, -0.15) is 0 Å². The zero-order valence-corrected chi connectivity index (χ0v) is 20.9. The molecule has 2 fully saturated rings. The summed E-state index contributed by atoms with van der Waals surface area (Å²) in [5, 5.41) is 42.7. The van der Waals surface area contributed by atoms with Gasteiger partial charge in [0.1, 0.15) is 36.6 Å². The first-order chi connectivity index (χ1) is 18.0. The van der Waals surface area contributed by atoms with E-state index in [4.69, 9.17) is 47.6 Å². The zero-order valence-electron chi connectivity index (χ0n) is 20.9. The summed E-state index contributed by atoms with van der Waals surface area (Å²) in [5.41, 5.74) is 29.2. The van der Waals surface area contributed by atoms with Gasteiger partial charge in [-0.05, 0) is 19.4 Å². The maximum Gasteiger partial charge on any atom is 0.249 e. The Kier molecular flexibility index (Phi) is 11.3. The fourth-order valence-corrected chi connectivity index (χ4v) is 4.71. The van der Waals surface area contributed by atoms with E-state index in [0.717, 1.165) is 0 Å². The number of hydrogen-bond donors (Lipinski definition) is 10. The normalized spacial score (nSPS) is 44.5. The molecule has 0 bridgehead atoms. The first-order valence-electron chi connectivity index (χ1n) is 12.6. The summed E-state index contributed by atoms with van der Waals surface area (Å²) < 4.78 is 38.9. The van der Waals surface area contributed by atoms with Gasteiger partial charge in [0, 0.05) is 12.6 Å². The van der Waals surface area contributed by atoms with Crippen molar-refractivity contribution >= 4 is 5.91 Å². The number of alkyl halides is 1. The highest BCUT2D eigenvalue weighted by atomic mass is 19.1. The van der Waals surface area contributed by atoms with E-state index in [9.17, 15) is 25.2 Å². The number of halogens is 1. The average molecular weight is 553 g/mol. The van der Waals surface area contributed by atoms with Crippen LogP contribution in [0.3, 0.4) is 0 Å². The lowest BCUT2D eigenvalue weighted by Gasteiger charge is -2.47. The fourth-order valence-electron chi connectivity index (χ4n) is 4.71. The molecule has 1 saturated carbocycles. The van der Waals surface area contributed by atoms with E-state index in [1.165, 1.54) is 0 Å². The predicted octanol–water partition coefficient (Wildman–Crippen LogP) is -5.65. The maximum atomic E-state index is 16.1. The first kappa shape index (κ1) is 31.2. The number of carbonyl (C=O) groups excluding carboxylic acids is 1. The molecule has 1 amide bonds. The van der Waals surface area contributed by atoms with Gasteiger partial charge in [-0.3, -0.25) is 4.79 Å². The molecule has 0 aromatic carbocycles. The Morgan fingerprint density at radius 3 is 2.39 bits per heavy atom. The number of carbonyl (C=O) groups is 1. The Labute approximate surface area is 219 Å². The van der Waals surface area contributed by atoms with Crippen LogP contribution in [0.15, 0.2) is 12.2 Å². The highest BCUT2D eigenvalue weighted by Crippen LogP contribution is 2.32. The summed E-state index contributed by atoms with van der Waals surface area (Å²) in [5.74, 6) is -0.827. The third kappa shape index (κ3) is 7.03. The zero-order chi connectivity index (χ0) is 28.1. The van der Waals surface area contributed by atoms with Crippen LogP contribution in [-0.2, 0) is 23.7 Å². The van der Waals surface area contributed by atoms with Gasteiger partial charge in [0.2, 0.25) is 5.91 Å². The Hall–Kier alpha value is -1.38. The lowest BCUT2D eigenvalue weighted by molar-refractivity contribution is -0.307. The standard InChI is InChI=1S/C22H41FN6O9/c23-14-18(37-21-9(26)2-1-8(6-25)35-21)10(27)5-11(29-20(34)12(31)3-4-24)19(14)38-22-17(33)15(28)16(32)13(7-30)36-22/h1-2,8-19,21-22,30-33H,3-7,24-28H2,(H,29,34)/t8?,9?,10-,11+,12-,13?,14?,15-,16-,17?,18?,19-,21+,22+/m0/s1. The maximum absolute atomic E-state index is 16.1. The van der Waals surface area contributed by atoms with Crippen LogP contribution in [0.2, 0.25) is 0 Å². The van der Waals surface area contributed by atoms with Crippen molar-refractivity contribution in [3.63, 3.8) is 0 Å². The Morgan fingerprint density at radius 2 is 1.76 bits per heavy atom. The molecule has 0 radical (unpaired) electrons. The summed E-state index contributed by atoms with van der Waals surface area (Å²) >= 11 is 0. The molecule has 16 heteroatoms. The second kappa shape index (κ2) is 13.8. The van der Waals surface area contributed by atoms with Crippen LogP contribution < -0.4 is 34.0 Å². The molecule has 6 unspecified atom stereocenters. The first-order valence-corrected chi connectivity index (χ1v) is 12.6. The third-order valence-corrected chi connectivity index (χ3v) is 6.97. The monoisotopic (exact) mass is 552 g/mol.